The van der Waals surface area contributed by atoms with Crippen molar-refractivity contribution in [2.75, 3.05) is 6.61 Å². The van der Waals surface area contributed by atoms with Gasteiger partial charge in [-0.25, -0.2) is 8.93 Å². The van der Waals surface area contributed by atoms with Gasteiger partial charge in [0.2, 0.25) is 0 Å². The minimum Gasteiger partial charge on any atom is -0.494 e. The molecule has 0 amide bonds. The maximum absolute atomic E-state index is 12.6. The molecule has 0 spiro atoms. The van der Waals surface area contributed by atoms with Gasteiger partial charge in [-0.1, -0.05) is 24.3 Å². The zero-order valence-corrected chi connectivity index (χ0v) is 16.1. The van der Waals surface area contributed by atoms with Gasteiger partial charge in [0.25, 0.3) is 0 Å². The molecule has 1 atom stereocenters. The molecule has 0 saturated heterocycles. The van der Waals surface area contributed by atoms with Gasteiger partial charge in [0.1, 0.15) is 16.7 Å². The van der Waals surface area contributed by atoms with Gasteiger partial charge in [-0.3, -0.25) is 5.84 Å². The van der Waals surface area contributed by atoms with Gasteiger partial charge in [0, 0.05) is 6.20 Å². The SMILES string of the molecule is CCOc1ccc(-c2ccc(S(=O)NC(C)(C)/C(=C/N)NN)cc2)cc1. The summed E-state index contributed by atoms with van der Waals surface area (Å²) in [6.07, 6.45) is 1.36. The van der Waals surface area contributed by atoms with E-state index in [9.17, 15) is 4.21 Å². The van der Waals surface area contributed by atoms with Gasteiger partial charge < -0.3 is 15.9 Å². The standard InChI is InChI=1S/C19H26N4O2S/c1-4-25-16-9-5-14(6-10-16)15-7-11-17(12-8-15)26(24)23-19(2,3)18(13-20)22-21/h5-13,22-23H,4,20-21H2,1-3H3/b18-13-. The highest BCUT2D eigenvalue weighted by Gasteiger charge is 2.25. The van der Waals surface area contributed by atoms with Crippen LogP contribution in [0.4, 0.5) is 0 Å². The molecule has 2 aromatic rings. The summed E-state index contributed by atoms with van der Waals surface area (Å²) in [6.45, 7) is 6.29. The first-order valence-electron chi connectivity index (χ1n) is 8.33. The smallest absolute Gasteiger partial charge is 0.125 e. The van der Waals surface area contributed by atoms with Gasteiger partial charge in [-0.05, 0) is 56.2 Å². The van der Waals surface area contributed by atoms with Crippen LogP contribution in [0.1, 0.15) is 20.8 Å². The molecule has 0 aliphatic carbocycles. The third-order valence-corrected chi connectivity index (χ3v) is 5.31. The van der Waals surface area contributed by atoms with E-state index in [1.54, 1.807) is 0 Å². The number of hydrogen-bond acceptors (Lipinski definition) is 5. The molecular formula is C19H26N4O2S. The molecule has 0 fully saturated rings. The number of benzene rings is 2. The summed E-state index contributed by atoms with van der Waals surface area (Å²) >= 11 is 0. The van der Waals surface area contributed by atoms with Crippen molar-refractivity contribution in [1.29, 1.82) is 0 Å². The Bertz CT molecular complexity index is 771. The van der Waals surface area contributed by atoms with Crippen LogP contribution in [0, 0.1) is 0 Å². The van der Waals surface area contributed by atoms with E-state index in [4.69, 9.17) is 16.3 Å². The van der Waals surface area contributed by atoms with Gasteiger partial charge in [0.05, 0.1) is 22.7 Å². The molecule has 0 aromatic heterocycles. The fraction of sp³-hybridized carbons (Fsp3) is 0.263. The largest absolute Gasteiger partial charge is 0.494 e. The van der Waals surface area contributed by atoms with Gasteiger partial charge >= 0.3 is 0 Å². The monoisotopic (exact) mass is 374 g/mol. The van der Waals surface area contributed by atoms with Gasteiger partial charge in [-0.15, -0.1) is 0 Å². The molecule has 0 aliphatic rings. The summed E-state index contributed by atoms with van der Waals surface area (Å²) in [6, 6.07) is 15.5. The molecule has 1 unspecified atom stereocenters. The van der Waals surface area contributed by atoms with Crippen LogP contribution in [-0.4, -0.2) is 16.4 Å². The fourth-order valence-corrected chi connectivity index (χ4v) is 3.54. The van der Waals surface area contributed by atoms with Crippen molar-refractivity contribution < 1.29 is 8.95 Å². The Hall–Kier alpha value is -2.35. The van der Waals surface area contributed by atoms with Crippen molar-refractivity contribution in [3.8, 4) is 16.9 Å². The number of hydrazine groups is 1. The summed E-state index contributed by atoms with van der Waals surface area (Å²) in [4.78, 5) is 0.668. The lowest BCUT2D eigenvalue weighted by Crippen LogP contribution is -2.48. The predicted molar refractivity (Wildman–Crippen MR) is 106 cm³/mol. The third-order valence-electron chi connectivity index (χ3n) is 3.91. The summed E-state index contributed by atoms with van der Waals surface area (Å²) in [5.74, 6) is 6.30. The molecule has 2 aromatic carbocycles. The zero-order valence-electron chi connectivity index (χ0n) is 15.3. The molecule has 2 rings (SSSR count). The van der Waals surface area contributed by atoms with Crippen molar-refractivity contribution >= 4 is 11.0 Å². The van der Waals surface area contributed by atoms with E-state index in [1.165, 1.54) is 6.20 Å². The van der Waals surface area contributed by atoms with E-state index in [2.05, 4.69) is 10.1 Å². The molecule has 0 bridgehead atoms. The van der Waals surface area contributed by atoms with E-state index in [-0.39, 0.29) is 0 Å². The minimum atomic E-state index is -1.41. The Balaban J connectivity index is 2.12. The molecule has 6 N–H and O–H groups in total. The van der Waals surface area contributed by atoms with Gasteiger partial charge in [-0.2, -0.15) is 0 Å². The highest BCUT2D eigenvalue weighted by atomic mass is 32.2. The van der Waals surface area contributed by atoms with Crippen LogP contribution in [0.25, 0.3) is 11.1 Å². The van der Waals surface area contributed by atoms with E-state index >= 15 is 0 Å². The Kier molecular flexibility index (Phi) is 6.79. The number of ether oxygens (including phenoxy) is 1. The lowest BCUT2D eigenvalue weighted by molar-refractivity contribution is 0.340. The highest BCUT2D eigenvalue weighted by molar-refractivity contribution is 7.83. The Morgan fingerprint density at radius 3 is 2.12 bits per heavy atom. The van der Waals surface area contributed by atoms with Crippen molar-refractivity contribution in [2.24, 2.45) is 11.6 Å². The molecule has 0 saturated carbocycles. The first kappa shape index (κ1) is 20.0. The van der Waals surface area contributed by atoms with Crippen LogP contribution in [0.3, 0.4) is 0 Å². The second-order valence-corrected chi connectivity index (χ2v) is 7.42. The summed E-state index contributed by atoms with van der Waals surface area (Å²) in [7, 11) is -1.41. The average Bonchev–Trinajstić information content (AvgIpc) is 2.63. The number of hydrogen-bond donors (Lipinski definition) is 4. The summed E-state index contributed by atoms with van der Waals surface area (Å²) in [5.41, 5.74) is 10.1. The van der Waals surface area contributed by atoms with E-state index in [0.29, 0.717) is 17.2 Å². The lowest BCUT2D eigenvalue weighted by Gasteiger charge is -2.27. The number of rotatable bonds is 8. The molecule has 0 aliphatic heterocycles. The summed E-state index contributed by atoms with van der Waals surface area (Å²) < 4.78 is 21.1. The first-order chi connectivity index (χ1) is 12.4. The van der Waals surface area contributed by atoms with Crippen molar-refractivity contribution in [3.63, 3.8) is 0 Å². The molecular weight excluding hydrogens is 348 g/mol. The van der Waals surface area contributed by atoms with Crippen LogP contribution >= 0.6 is 0 Å². The van der Waals surface area contributed by atoms with Gasteiger partial charge in [0.15, 0.2) is 0 Å². The topological polar surface area (TPSA) is 102 Å². The number of nitrogens with two attached hydrogens (primary N) is 2. The van der Waals surface area contributed by atoms with E-state index in [0.717, 1.165) is 16.9 Å². The Morgan fingerprint density at radius 1 is 1.12 bits per heavy atom. The number of nitrogens with one attached hydrogen (secondary N) is 2. The quantitative estimate of drug-likeness (QED) is 0.420. The minimum absolute atomic E-state index is 0.553. The van der Waals surface area contributed by atoms with Crippen LogP contribution in [-0.2, 0) is 11.0 Å². The van der Waals surface area contributed by atoms with Crippen LogP contribution in [0.15, 0.2) is 65.3 Å². The molecule has 140 valence electrons. The van der Waals surface area contributed by atoms with Crippen molar-refractivity contribution in [1.82, 2.24) is 10.1 Å². The van der Waals surface area contributed by atoms with Crippen LogP contribution in [0.5, 0.6) is 5.75 Å². The lowest BCUT2D eigenvalue weighted by atomic mass is 10.0. The maximum Gasteiger partial charge on any atom is 0.125 e. The van der Waals surface area contributed by atoms with Crippen LogP contribution < -0.4 is 26.5 Å². The first-order valence-corrected chi connectivity index (χ1v) is 9.48. The van der Waals surface area contributed by atoms with Crippen LogP contribution in [0.2, 0.25) is 0 Å². The Labute approximate surface area is 157 Å². The molecule has 0 heterocycles. The zero-order chi connectivity index (χ0) is 19.2. The Morgan fingerprint density at radius 2 is 1.65 bits per heavy atom. The average molecular weight is 375 g/mol. The van der Waals surface area contributed by atoms with E-state index < -0.39 is 16.5 Å². The second-order valence-electron chi connectivity index (χ2n) is 6.20. The molecule has 26 heavy (non-hydrogen) atoms. The van der Waals surface area contributed by atoms with Crippen molar-refractivity contribution in [3.05, 3.63) is 60.4 Å². The maximum atomic E-state index is 12.6. The molecule has 0 radical (unpaired) electrons. The fourth-order valence-electron chi connectivity index (χ4n) is 2.46. The normalized spacial score (nSPS) is 13.3. The predicted octanol–water partition coefficient (Wildman–Crippen LogP) is 2.41. The van der Waals surface area contributed by atoms with E-state index in [1.807, 2.05) is 69.3 Å². The highest BCUT2D eigenvalue weighted by Crippen LogP contribution is 2.24. The molecule has 7 heteroatoms. The second kappa shape index (κ2) is 8.84. The summed E-state index contributed by atoms with van der Waals surface area (Å²) in [5, 5.41) is 0. The molecule has 6 nitrogen and oxygen atoms in total. The third kappa shape index (κ3) is 4.85. The van der Waals surface area contributed by atoms with Crippen molar-refractivity contribution in [2.45, 2.75) is 31.2 Å².